The van der Waals surface area contributed by atoms with E-state index < -0.39 is 12.1 Å². The predicted octanol–water partition coefficient (Wildman–Crippen LogP) is 2.69. The first kappa shape index (κ1) is 26.8. The SMILES string of the molecule is OC(O)c1ccc2nc(CN3CCN(c4ncnc(OCc5ccc(Cl)cc5F)n4)CC3)n(C[C@@H]3CCO3)c2c1. The number of piperazine rings is 1. The number of rotatable bonds is 9. The summed E-state index contributed by atoms with van der Waals surface area (Å²) in [4.78, 5) is 22.1. The third kappa shape index (κ3) is 5.86. The smallest absolute Gasteiger partial charge is 0.321 e. The lowest BCUT2D eigenvalue weighted by Crippen LogP contribution is -2.47. The molecule has 0 radical (unpaired) electrons. The van der Waals surface area contributed by atoms with Gasteiger partial charge in [0, 0.05) is 48.9 Å². The Morgan fingerprint density at radius 1 is 1.07 bits per heavy atom. The summed E-state index contributed by atoms with van der Waals surface area (Å²) in [7, 11) is 0. The number of benzene rings is 2. The van der Waals surface area contributed by atoms with Crippen LogP contribution in [0.1, 0.15) is 29.7 Å². The van der Waals surface area contributed by atoms with Gasteiger partial charge in [0.1, 0.15) is 24.6 Å². The van der Waals surface area contributed by atoms with Crippen LogP contribution in [0.15, 0.2) is 42.7 Å². The van der Waals surface area contributed by atoms with Crippen LogP contribution >= 0.6 is 11.6 Å². The highest BCUT2D eigenvalue weighted by molar-refractivity contribution is 6.30. The van der Waals surface area contributed by atoms with Gasteiger partial charge in [0.15, 0.2) is 6.29 Å². The summed E-state index contributed by atoms with van der Waals surface area (Å²) in [6.45, 7) is 4.98. The van der Waals surface area contributed by atoms with E-state index in [1.165, 1.54) is 12.4 Å². The number of aliphatic hydroxyl groups excluding tert-OH is 1. The maximum absolute atomic E-state index is 14.1. The quantitative estimate of drug-likeness (QED) is 0.291. The van der Waals surface area contributed by atoms with Gasteiger partial charge in [-0.1, -0.05) is 23.7 Å². The van der Waals surface area contributed by atoms with Crippen molar-refractivity contribution in [3.63, 3.8) is 0 Å². The molecular weight excluding hydrogens is 541 g/mol. The lowest BCUT2D eigenvalue weighted by molar-refractivity contribution is -0.0592. The van der Waals surface area contributed by atoms with Crippen LogP contribution in [0.4, 0.5) is 10.3 Å². The van der Waals surface area contributed by atoms with Crippen molar-refractivity contribution in [1.82, 2.24) is 29.4 Å². The van der Waals surface area contributed by atoms with E-state index in [9.17, 15) is 14.6 Å². The summed E-state index contributed by atoms with van der Waals surface area (Å²) in [6, 6.07) is 9.84. The van der Waals surface area contributed by atoms with E-state index >= 15 is 0 Å². The van der Waals surface area contributed by atoms with Gasteiger partial charge in [0.25, 0.3) is 0 Å². The van der Waals surface area contributed by atoms with Crippen LogP contribution in [0.3, 0.4) is 0 Å². The molecule has 11 nitrogen and oxygen atoms in total. The van der Waals surface area contributed by atoms with Crippen LogP contribution in [0, 0.1) is 5.82 Å². The molecular formula is C27H29ClFN7O4. The Balaban J connectivity index is 1.10. The molecule has 0 saturated carbocycles. The number of aliphatic hydroxyl groups is 2. The minimum absolute atomic E-state index is 0.0219. The third-order valence-corrected chi connectivity index (χ3v) is 7.49. The first-order valence-corrected chi connectivity index (χ1v) is 13.5. The number of hydrogen-bond acceptors (Lipinski definition) is 10. The number of fused-ring (bicyclic) bond motifs is 1. The fourth-order valence-corrected chi connectivity index (χ4v) is 5.05. The highest BCUT2D eigenvalue weighted by atomic mass is 35.5. The molecule has 0 spiro atoms. The standard InChI is InChI=1S/C27H29ClFN7O4/c28-19-3-1-18(21(29)12-19)15-40-27-31-16-30-26(33-27)35-8-6-34(7-9-35)14-24-32-22-4-2-17(25(37)38)11-23(22)36(24)13-20-5-10-39-20/h1-4,11-12,16,20,25,37-38H,5-10,13-15H2/t20-/m0/s1. The number of imidazole rings is 1. The predicted molar refractivity (Wildman–Crippen MR) is 144 cm³/mol. The largest absolute Gasteiger partial charge is 0.458 e. The van der Waals surface area contributed by atoms with Crippen molar-refractivity contribution in [2.24, 2.45) is 0 Å². The molecule has 13 heteroatoms. The van der Waals surface area contributed by atoms with Gasteiger partial charge in [-0.15, -0.1) is 0 Å². The summed E-state index contributed by atoms with van der Waals surface area (Å²) in [5.74, 6) is 0.970. The van der Waals surface area contributed by atoms with E-state index in [1.807, 2.05) is 6.07 Å². The van der Waals surface area contributed by atoms with Crippen LogP contribution in [0.5, 0.6) is 6.01 Å². The van der Waals surface area contributed by atoms with Crippen LogP contribution in [0.2, 0.25) is 5.02 Å². The first-order chi connectivity index (χ1) is 19.4. The van der Waals surface area contributed by atoms with Crippen LogP contribution in [-0.4, -0.2) is 78.5 Å². The van der Waals surface area contributed by atoms with E-state index in [0.29, 0.717) is 48.3 Å². The van der Waals surface area contributed by atoms with Crippen LogP contribution in [0.25, 0.3) is 11.0 Å². The molecule has 1 atom stereocenters. The lowest BCUT2D eigenvalue weighted by Gasteiger charge is -2.34. The first-order valence-electron chi connectivity index (χ1n) is 13.1. The van der Waals surface area contributed by atoms with Crippen molar-refractivity contribution >= 4 is 28.6 Å². The fourth-order valence-electron chi connectivity index (χ4n) is 4.89. The second-order valence-electron chi connectivity index (χ2n) is 9.90. The Hall–Kier alpha value is -3.42. The maximum Gasteiger partial charge on any atom is 0.321 e. The number of ether oxygens (including phenoxy) is 2. The molecule has 0 bridgehead atoms. The van der Waals surface area contributed by atoms with Gasteiger partial charge in [0.05, 0.1) is 30.2 Å². The Bertz CT molecular complexity index is 1490. The van der Waals surface area contributed by atoms with Gasteiger partial charge >= 0.3 is 6.01 Å². The molecule has 210 valence electrons. The van der Waals surface area contributed by atoms with Crippen molar-refractivity contribution in [3.05, 3.63) is 70.5 Å². The molecule has 0 unspecified atom stereocenters. The van der Waals surface area contributed by atoms with Gasteiger partial charge in [-0.2, -0.15) is 9.97 Å². The Kier molecular flexibility index (Phi) is 7.76. The van der Waals surface area contributed by atoms with E-state index in [2.05, 4.69) is 29.3 Å². The van der Waals surface area contributed by atoms with Gasteiger partial charge in [-0.05, 0) is 30.7 Å². The molecule has 0 aliphatic carbocycles. The zero-order valence-corrected chi connectivity index (χ0v) is 22.4. The van der Waals surface area contributed by atoms with Crippen molar-refractivity contribution in [1.29, 1.82) is 0 Å². The molecule has 40 heavy (non-hydrogen) atoms. The van der Waals surface area contributed by atoms with Crippen molar-refractivity contribution in [3.8, 4) is 6.01 Å². The van der Waals surface area contributed by atoms with Crippen LogP contribution < -0.4 is 9.64 Å². The van der Waals surface area contributed by atoms with Gasteiger partial charge in [-0.25, -0.2) is 14.4 Å². The molecule has 4 aromatic rings. The molecule has 2 aromatic heterocycles. The second-order valence-corrected chi connectivity index (χ2v) is 10.3. The normalized spacial score (nSPS) is 17.9. The molecule has 0 amide bonds. The average Bonchev–Trinajstić information content (AvgIpc) is 3.26. The van der Waals surface area contributed by atoms with E-state index in [-0.39, 0.29) is 18.7 Å². The number of hydrogen-bond donors (Lipinski definition) is 2. The van der Waals surface area contributed by atoms with Crippen molar-refractivity contribution in [2.75, 3.05) is 37.7 Å². The van der Waals surface area contributed by atoms with Crippen molar-refractivity contribution in [2.45, 2.75) is 38.5 Å². The molecule has 2 N–H and O–H groups in total. The second kappa shape index (κ2) is 11.6. The van der Waals surface area contributed by atoms with Gasteiger partial charge in [-0.3, -0.25) is 4.90 Å². The Labute approximate surface area is 234 Å². The molecule has 4 heterocycles. The Morgan fingerprint density at radius 2 is 1.90 bits per heavy atom. The zero-order chi connectivity index (χ0) is 27.6. The number of nitrogens with zero attached hydrogens (tertiary/aromatic N) is 7. The molecule has 6 rings (SSSR count). The Morgan fingerprint density at radius 3 is 2.62 bits per heavy atom. The number of aromatic nitrogens is 5. The van der Waals surface area contributed by atoms with E-state index in [4.69, 9.17) is 26.1 Å². The highest BCUT2D eigenvalue weighted by Gasteiger charge is 2.25. The fraction of sp³-hybridized carbons (Fsp3) is 0.407. The topological polar surface area (TPSA) is 122 Å². The van der Waals surface area contributed by atoms with E-state index in [0.717, 1.165) is 43.0 Å². The number of halogens is 2. The monoisotopic (exact) mass is 569 g/mol. The molecule has 2 saturated heterocycles. The van der Waals surface area contributed by atoms with Gasteiger partial charge < -0.3 is 29.2 Å². The minimum atomic E-state index is -1.54. The van der Waals surface area contributed by atoms with Gasteiger partial charge in [0.2, 0.25) is 5.95 Å². The van der Waals surface area contributed by atoms with Crippen LogP contribution in [-0.2, 0) is 24.4 Å². The molecule has 2 fully saturated rings. The lowest BCUT2D eigenvalue weighted by atomic mass is 10.1. The van der Waals surface area contributed by atoms with Crippen molar-refractivity contribution < 1.29 is 24.1 Å². The highest BCUT2D eigenvalue weighted by Crippen LogP contribution is 2.25. The molecule has 2 aliphatic heterocycles. The number of anilines is 1. The zero-order valence-electron chi connectivity index (χ0n) is 21.7. The minimum Gasteiger partial charge on any atom is -0.458 e. The summed E-state index contributed by atoms with van der Waals surface area (Å²) < 4.78 is 27.5. The summed E-state index contributed by atoms with van der Waals surface area (Å²) >= 11 is 5.82. The van der Waals surface area contributed by atoms with E-state index in [1.54, 1.807) is 24.3 Å². The average molecular weight is 570 g/mol. The maximum atomic E-state index is 14.1. The summed E-state index contributed by atoms with van der Waals surface area (Å²) in [6.07, 6.45) is 0.980. The summed E-state index contributed by atoms with van der Waals surface area (Å²) in [5, 5.41) is 19.7. The molecule has 2 aliphatic rings. The third-order valence-electron chi connectivity index (χ3n) is 7.26. The molecule has 2 aromatic carbocycles. The summed E-state index contributed by atoms with van der Waals surface area (Å²) in [5.41, 5.74) is 2.47.